The lowest BCUT2D eigenvalue weighted by atomic mass is 10.2. The van der Waals surface area contributed by atoms with Crippen molar-refractivity contribution in [3.8, 4) is 0 Å². The predicted octanol–water partition coefficient (Wildman–Crippen LogP) is -2.07. The summed E-state index contributed by atoms with van der Waals surface area (Å²) < 4.78 is 26.8. The van der Waals surface area contributed by atoms with E-state index in [4.69, 9.17) is 5.14 Å². The van der Waals surface area contributed by atoms with Crippen LogP contribution in [0.4, 0.5) is 0 Å². The topological polar surface area (TPSA) is 69.2 Å². The van der Waals surface area contributed by atoms with Crippen LogP contribution in [-0.4, -0.2) is 13.0 Å². The van der Waals surface area contributed by atoms with Gasteiger partial charge in [-0.2, -0.15) is 0 Å². The Bertz CT molecular complexity index is 875. The fourth-order valence-corrected chi connectivity index (χ4v) is 2.78. The van der Waals surface area contributed by atoms with Crippen molar-refractivity contribution in [1.82, 2.24) is 4.57 Å². The van der Waals surface area contributed by atoms with Crippen LogP contribution in [-0.2, 0) is 16.6 Å². The van der Waals surface area contributed by atoms with Gasteiger partial charge in [-0.25, -0.2) is 22.5 Å². The summed E-state index contributed by atoms with van der Waals surface area (Å²) in [6.07, 6.45) is 5.88. The van der Waals surface area contributed by atoms with E-state index in [9.17, 15) is 8.42 Å². The molecule has 0 amide bonds. The summed E-state index contributed by atoms with van der Waals surface area (Å²) in [5.74, 6) is 0. The van der Waals surface area contributed by atoms with Crippen LogP contribution in [0.1, 0.15) is 5.56 Å². The number of primary sulfonamides is 1. The number of pyridine rings is 1. The number of benzene rings is 1. The Kier molecular flexibility index (Phi) is 4.32. The highest BCUT2D eigenvalue weighted by Gasteiger charge is 2.12. The first-order valence-electron chi connectivity index (χ1n) is 6.11. The maximum atomic E-state index is 11.4. The van der Waals surface area contributed by atoms with Crippen molar-refractivity contribution in [2.75, 3.05) is 0 Å². The van der Waals surface area contributed by atoms with Gasteiger partial charge in [0.05, 0.1) is 11.1 Å². The minimum absolute atomic E-state index is 0. The molecule has 0 aliphatic carbocycles. The molecule has 0 aliphatic heterocycles. The first-order valence-corrected chi connectivity index (χ1v) is 7.65. The number of halogens is 1. The second-order valence-corrected chi connectivity index (χ2v) is 6.15. The van der Waals surface area contributed by atoms with Gasteiger partial charge in [0.2, 0.25) is 10.0 Å². The Hall–Kier alpha value is -1.89. The van der Waals surface area contributed by atoms with Crippen molar-refractivity contribution >= 4 is 15.7 Å². The SMILES string of the molecule is NS(=O)(=O)c1cccc(Cn2cc[n+]3ccccc23)c1.[Cl-]. The van der Waals surface area contributed by atoms with Crippen LogP contribution in [0.2, 0.25) is 0 Å². The molecule has 2 N–H and O–H groups in total. The summed E-state index contributed by atoms with van der Waals surface area (Å²) >= 11 is 0. The van der Waals surface area contributed by atoms with Gasteiger partial charge in [0.25, 0.3) is 5.65 Å². The molecule has 0 saturated heterocycles. The van der Waals surface area contributed by atoms with Crippen LogP contribution in [0.5, 0.6) is 0 Å². The molecule has 0 fully saturated rings. The molecule has 2 heterocycles. The van der Waals surface area contributed by atoms with E-state index in [-0.39, 0.29) is 17.3 Å². The quantitative estimate of drug-likeness (QED) is 0.563. The highest BCUT2D eigenvalue weighted by Crippen LogP contribution is 2.12. The molecular formula is C14H14ClN3O2S. The number of fused-ring (bicyclic) bond motifs is 1. The van der Waals surface area contributed by atoms with Gasteiger partial charge in [0.15, 0.2) is 0 Å². The van der Waals surface area contributed by atoms with E-state index in [2.05, 4.69) is 0 Å². The number of hydrogen-bond donors (Lipinski definition) is 1. The van der Waals surface area contributed by atoms with Gasteiger partial charge < -0.3 is 12.4 Å². The molecule has 0 unspecified atom stereocenters. The lowest BCUT2D eigenvalue weighted by Gasteiger charge is -2.02. The monoisotopic (exact) mass is 323 g/mol. The lowest BCUT2D eigenvalue weighted by molar-refractivity contribution is -0.510. The van der Waals surface area contributed by atoms with E-state index >= 15 is 0 Å². The second kappa shape index (κ2) is 5.85. The van der Waals surface area contributed by atoms with Crippen molar-refractivity contribution in [3.05, 3.63) is 66.6 Å². The van der Waals surface area contributed by atoms with Gasteiger partial charge in [0.1, 0.15) is 18.9 Å². The van der Waals surface area contributed by atoms with Crippen LogP contribution in [0, 0.1) is 0 Å². The Morgan fingerprint density at radius 2 is 1.90 bits per heavy atom. The Balaban J connectivity index is 0.00000161. The molecule has 7 heteroatoms. The fraction of sp³-hybridized carbons (Fsp3) is 0.0714. The molecule has 5 nitrogen and oxygen atoms in total. The van der Waals surface area contributed by atoms with Gasteiger partial charge in [-0.05, 0) is 23.8 Å². The molecule has 0 atom stereocenters. The Morgan fingerprint density at radius 1 is 1.10 bits per heavy atom. The van der Waals surface area contributed by atoms with Crippen LogP contribution in [0.25, 0.3) is 5.65 Å². The van der Waals surface area contributed by atoms with Crippen molar-refractivity contribution in [2.45, 2.75) is 11.4 Å². The van der Waals surface area contributed by atoms with Crippen molar-refractivity contribution in [3.63, 3.8) is 0 Å². The first-order chi connectivity index (χ1) is 9.54. The second-order valence-electron chi connectivity index (χ2n) is 4.58. The molecule has 0 spiro atoms. The van der Waals surface area contributed by atoms with Crippen LogP contribution in [0.3, 0.4) is 0 Å². The standard InChI is InChI=1S/C14H14N3O2S.ClH/c15-20(18,19)13-5-3-4-12(10-13)11-17-9-8-16-7-2-1-6-14(16)17;/h1-10H,11H2,(H2,15,18,19);1H/q+1;/p-1. The van der Waals surface area contributed by atoms with E-state index in [1.807, 2.05) is 51.8 Å². The maximum absolute atomic E-state index is 11.4. The van der Waals surface area contributed by atoms with Crippen molar-refractivity contribution in [1.29, 1.82) is 0 Å². The zero-order valence-electron chi connectivity index (χ0n) is 11.1. The minimum Gasteiger partial charge on any atom is -1.00 e. The zero-order valence-corrected chi connectivity index (χ0v) is 12.6. The molecule has 1 aromatic carbocycles. The highest BCUT2D eigenvalue weighted by molar-refractivity contribution is 7.89. The largest absolute Gasteiger partial charge is 1.00 e. The van der Waals surface area contributed by atoms with Gasteiger partial charge in [-0.15, -0.1) is 0 Å². The first kappa shape index (κ1) is 15.5. The van der Waals surface area contributed by atoms with Crippen LogP contribution < -0.4 is 21.9 Å². The summed E-state index contributed by atoms with van der Waals surface area (Å²) in [5, 5.41) is 5.15. The normalized spacial score (nSPS) is 11.3. The third kappa shape index (κ3) is 3.24. The summed E-state index contributed by atoms with van der Waals surface area (Å²) in [7, 11) is -3.66. The molecule has 3 rings (SSSR count). The average Bonchev–Trinajstić information content (AvgIpc) is 2.82. The predicted molar refractivity (Wildman–Crippen MR) is 74.5 cm³/mol. The average molecular weight is 324 g/mol. The summed E-state index contributed by atoms with van der Waals surface area (Å²) in [5.41, 5.74) is 1.92. The Labute approximate surface area is 129 Å². The number of sulfonamides is 1. The number of nitrogens with two attached hydrogens (primary N) is 1. The van der Waals surface area contributed by atoms with Gasteiger partial charge in [0, 0.05) is 6.07 Å². The van der Waals surface area contributed by atoms with E-state index < -0.39 is 10.0 Å². The molecule has 2 aromatic heterocycles. The van der Waals surface area contributed by atoms with Crippen LogP contribution in [0.15, 0.2) is 66.0 Å². The molecule has 21 heavy (non-hydrogen) atoms. The summed E-state index contributed by atoms with van der Waals surface area (Å²) in [6, 6.07) is 12.6. The smallest absolute Gasteiger partial charge is 0.286 e. The van der Waals surface area contributed by atoms with Crippen molar-refractivity contribution in [2.24, 2.45) is 5.14 Å². The van der Waals surface area contributed by atoms with E-state index in [1.165, 1.54) is 6.07 Å². The van der Waals surface area contributed by atoms with Gasteiger partial charge in [-0.1, -0.05) is 18.2 Å². The van der Waals surface area contributed by atoms with E-state index in [0.29, 0.717) is 6.54 Å². The van der Waals surface area contributed by atoms with Gasteiger partial charge >= 0.3 is 0 Å². The maximum Gasteiger partial charge on any atom is 0.286 e. The molecule has 110 valence electrons. The highest BCUT2D eigenvalue weighted by atomic mass is 35.5. The summed E-state index contributed by atoms with van der Waals surface area (Å²) in [6.45, 7) is 0.587. The van der Waals surface area contributed by atoms with Crippen LogP contribution >= 0.6 is 0 Å². The van der Waals surface area contributed by atoms with E-state index in [0.717, 1.165) is 11.2 Å². The number of imidazole rings is 1. The molecular weight excluding hydrogens is 310 g/mol. The third-order valence-electron chi connectivity index (χ3n) is 3.15. The number of nitrogens with zero attached hydrogens (tertiary/aromatic N) is 2. The third-order valence-corrected chi connectivity index (χ3v) is 4.06. The van der Waals surface area contributed by atoms with E-state index in [1.54, 1.807) is 12.1 Å². The number of hydrogen-bond acceptors (Lipinski definition) is 2. The molecule has 0 aliphatic rings. The van der Waals surface area contributed by atoms with Gasteiger partial charge in [-0.3, -0.25) is 0 Å². The molecule has 0 saturated carbocycles. The minimum atomic E-state index is -3.66. The number of aromatic nitrogens is 2. The molecule has 0 radical (unpaired) electrons. The summed E-state index contributed by atoms with van der Waals surface area (Å²) in [4.78, 5) is 0.138. The number of rotatable bonds is 3. The van der Waals surface area contributed by atoms with Crippen molar-refractivity contribution < 1.29 is 25.2 Å². The zero-order chi connectivity index (χ0) is 14.2. The fourth-order valence-electron chi connectivity index (χ4n) is 2.20. The Morgan fingerprint density at radius 3 is 2.67 bits per heavy atom. The molecule has 3 aromatic rings. The lowest BCUT2D eigenvalue weighted by Crippen LogP contribution is -3.00. The molecule has 0 bridgehead atoms.